The van der Waals surface area contributed by atoms with Gasteiger partial charge in [0.25, 0.3) is 0 Å². The summed E-state index contributed by atoms with van der Waals surface area (Å²) in [6.45, 7) is -2.93. The molecule has 1 N–H and O–H groups in total. The fourth-order valence-electron chi connectivity index (χ4n) is 4.84. The molecule has 1 amide bonds. The van der Waals surface area contributed by atoms with Gasteiger partial charge >= 0.3 is 6.61 Å². The van der Waals surface area contributed by atoms with Crippen LogP contribution in [0.4, 0.5) is 14.5 Å². The normalized spacial score (nSPS) is 29.1. The lowest BCUT2D eigenvalue weighted by atomic mass is 9.67. The van der Waals surface area contributed by atoms with Crippen LogP contribution >= 0.6 is 35.1 Å². The Morgan fingerprint density at radius 3 is 2.48 bits per heavy atom. The van der Waals surface area contributed by atoms with Crippen LogP contribution in [0.3, 0.4) is 0 Å². The standard InChI is InChI=1S/C19H22ClF2NO2S2/c20-15-10-14(4-5-16(15)25-18(21)22)23-17(24)11-8-12-2-1-3-13(9-11)19(12)26-6-7-27-19/h4-5,10-13,18H,1-3,6-9H2,(H,23,24). The van der Waals surface area contributed by atoms with Crippen LogP contribution in [-0.4, -0.2) is 28.1 Å². The van der Waals surface area contributed by atoms with E-state index in [0.29, 0.717) is 21.6 Å². The van der Waals surface area contributed by atoms with Gasteiger partial charge < -0.3 is 10.1 Å². The number of nitrogens with one attached hydrogen (secondary N) is 1. The summed E-state index contributed by atoms with van der Waals surface area (Å²) < 4.78 is 29.4. The van der Waals surface area contributed by atoms with Gasteiger partial charge in [0.1, 0.15) is 5.75 Å². The molecule has 1 aliphatic heterocycles. The third-order valence-corrected chi connectivity index (χ3v) is 10.2. The van der Waals surface area contributed by atoms with E-state index >= 15 is 0 Å². The second-order valence-corrected chi connectivity index (χ2v) is 10.8. The van der Waals surface area contributed by atoms with Crippen LogP contribution in [-0.2, 0) is 4.79 Å². The summed E-state index contributed by atoms with van der Waals surface area (Å²) in [6.07, 6.45) is 5.57. The van der Waals surface area contributed by atoms with Crippen molar-refractivity contribution in [1.29, 1.82) is 0 Å². The predicted molar refractivity (Wildman–Crippen MR) is 108 cm³/mol. The van der Waals surface area contributed by atoms with Gasteiger partial charge in [-0.05, 0) is 55.7 Å². The molecule has 3 fully saturated rings. The largest absolute Gasteiger partial charge is 0.433 e. The van der Waals surface area contributed by atoms with E-state index in [1.807, 2.05) is 0 Å². The maximum absolute atomic E-state index is 12.9. The van der Waals surface area contributed by atoms with E-state index in [4.69, 9.17) is 11.6 Å². The highest BCUT2D eigenvalue weighted by molar-refractivity contribution is 8.21. The zero-order valence-electron chi connectivity index (χ0n) is 14.8. The third kappa shape index (κ3) is 3.92. The zero-order chi connectivity index (χ0) is 19.0. The lowest BCUT2D eigenvalue weighted by Gasteiger charge is -2.52. The topological polar surface area (TPSA) is 38.3 Å². The molecule has 2 bridgehead atoms. The molecule has 148 valence electrons. The second-order valence-electron chi connectivity index (χ2n) is 7.42. The minimum atomic E-state index is -2.93. The summed E-state index contributed by atoms with van der Waals surface area (Å²) in [6, 6.07) is 4.38. The molecule has 0 radical (unpaired) electrons. The number of alkyl halides is 2. The zero-order valence-corrected chi connectivity index (χ0v) is 17.1. The fraction of sp³-hybridized carbons (Fsp3) is 0.632. The molecule has 3 nitrogen and oxygen atoms in total. The minimum Gasteiger partial charge on any atom is -0.433 e. The smallest absolute Gasteiger partial charge is 0.387 e. The molecule has 1 aromatic rings. The molecule has 2 atom stereocenters. The van der Waals surface area contributed by atoms with E-state index in [2.05, 4.69) is 33.6 Å². The van der Waals surface area contributed by atoms with Crippen LogP contribution in [0.5, 0.6) is 5.75 Å². The van der Waals surface area contributed by atoms with E-state index in [1.165, 1.54) is 42.9 Å². The lowest BCUT2D eigenvalue weighted by Crippen LogP contribution is -2.48. The van der Waals surface area contributed by atoms with Gasteiger partial charge in [0.2, 0.25) is 5.91 Å². The molecular formula is C19H22ClF2NO2S2. The average Bonchev–Trinajstić information content (AvgIpc) is 3.06. The predicted octanol–water partition coefficient (Wildman–Crippen LogP) is 5.88. The van der Waals surface area contributed by atoms with Crippen LogP contribution in [0.2, 0.25) is 5.02 Å². The Morgan fingerprint density at radius 1 is 1.22 bits per heavy atom. The number of carbonyl (C=O) groups excluding carboxylic acids is 1. The molecule has 1 aromatic carbocycles. The van der Waals surface area contributed by atoms with Gasteiger partial charge in [-0.1, -0.05) is 18.0 Å². The highest BCUT2D eigenvalue weighted by Crippen LogP contribution is 2.64. The van der Waals surface area contributed by atoms with Gasteiger partial charge in [-0.2, -0.15) is 8.78 Å². The third-order valence-electron chi connectivity index (χ3n) is 5.91. The monoisotopic (exact) mass is 433 g/mol. The Labute approximate surface area is 171 Å². The molecule has 2 aliphatic carbocycles. The first kappa shape index (κ1) is 19.6. The van der Waals surface area contributed by atoms with Gasteiger partial charge in [0, 0.05) is 23.1 Å². The number of ether oxygens (including phenoxy) is 1. The van der Waals surface area contributed by atoms with Crippen LogP contribution in [0.1, 0.15) is 32.1 Å². The van der Waals surface area contributed by atoms with Crippen molar-refractivity contribution < 1.29 is 18.3 Å². The summed E-state index contributed by atoms with van der Waals surface area (Å²) in [7, 11) is 0. The molecule has 4 rings (SSSR count). The van der Waals surface area contributed by atoms with Crippen molar-refractivity contribution in [2.24, 2.45) is 17.8 Å². The van der Waals surface area contributed by atoms with Crippen LogP contribution in [0, 0.1) is 17.8 Å². The Kier molecular flexibility index (Phi) is 5.82. The molecule has 8 heteroatoms. The van der Waals surface area contributed by atoms with Crippen molar-refractivity contribution in [3.8, 4) is 5.75 Å². The van der Waals surface area contributed by atoms with Crippen molar-refractivity contribution in [2.75, 3.05) is 16.8 Å². The molecular weight excluding hydrogens is 412 g/mol. The highest BCUT2D eigenvalue weighted by Gasteiger charge is 2.55. The minimum absolute atomic E-state index is 0.00323. The van der Waals surface area contributed by atoms with Crippen LogP contribution < -0.4 is 10.1 Å². The Balaban J connectivity index is 1.43. The fourth-order valence-corrected chi connectivity index (χ4v) is 9.00. The molecule has 1 saturated heterocycles. The number of rotatable bonds is 4. The van der Waals surface area contributed by atoms with E-state index < -0.39 is 6.61 Å². The van der Waals surface area contributed by atoms with Crippen LogP contribution in [0.15, 0.2) is 18.2 Å². The van der Waals surface area contributed by atoms with Crippen LogP contribution in [0.25, 0.3) is 0 Å². The van der Waals surface area contributed by atoms with Gasteiger partial charge in [0.15, 0.2) is 0 Å². The molecule has 1 spiro atoms. The Morgan fingerprint density at radius 2 is 1.89 bits per heavy atom. The van der Waals surface area contributed by atoms with E-state index in [1.54, 1.807) is 6.07 Å². The first-order valence-corrected chi connectivity index (χ1v) is 11.7. The highest BCUT2D eigenvalue weighted by atomic mass is 35.5. The molecule has 0 aromatic heterocycles. The number of carbonyl (C=O) groups is 1. The maximum Gasteiger partial charge on any atom is 0.387 e. The van der Waals surface area contributed by atoms with E-state index in [-0.39, 0.29) is 22.6 Å². The van der Waals surface area contributed by atoms with E-state index in [9.17, 15) is 13.6 Å². The van der Waals surface area contributed by atoms with Gasteiger partial charge in [-0.15, -0.1) is 23.5 Å². The average molecular weight is 434 g/mol. The maximum atomic E-state index is 12.9. The number of halogens is 3. The van der Waals surface area contributed by atoms with Crippen molar-refractivity contribution in [3.63, 3.8) is 0 Å². The summed E-state index contributed by atoms with van der Waals surface area (Å²) in [5, 5.41) is 2.98. The molecule has 2 unspecified atom stereocenters. The number of hydrogen-bond acceptors (Lipinski definition) is 4. The number of benzene rings is 1. The summed E-state index contributed by atoms with van der Waals surface area (Å²) in [5.74, 6) is 3.57. The Bertz CT molecular complexity index is 699. The summed E-state index contributed by atoms with van der Waals surface area (Å²) in [5.41, 5.74) is 0.515. The Hall–Kier alpha value is -0.660. The number of hydrogen-bond donors (Lipinski definition) is 1. The molecule has 2 saturated carbocycles. The number of thioether (sulfide) groups is 2. The first-order chi connectivity index (χ1) is 13.0. The number of amides is 1. The van der Waals surface area contributed by atoms with Crippen molar-refractivity contribution >= 4 is 46.7 Å². The van der Waals surface area contributed by atoms with Gasteiger partial charge in [-0.3, -0.25) is 4.79 Å². The second kappa shape index (κ2) is 7.99. The van der Waals surface area contributed by atoms with Gasteiger partial charge in [0.05, 0.1) is 9.10 Å². The van der Waals surface area contributed by atoms with Crippen molar-refractivity contribution in [2.45, 2.75) is 42.8 Å². The van der Waals surface area contributed by atoms with Crippen molar-refractivity contribution in [3.05, 3.63) is 23.2 Å². The van der Waals surface area contributed by atoms with Crippen molar-refractivity contribution in [1.82, 2.24) is 0 Å². The first-order valence-electron chi connectivity index (χ1n) is 9.31. The SMILES string of the molecule is O=C(Nc1ccc(OC(F)F)c(Cl)c1)C1CC2CCCC(C1)C21SCCS1. The summed E-state index contributed by atoms with van der Waals surface area (Å²) in [4.78, 5) is 12.9. The molecule has 3 aliphatic rings. The van der Waals surface area contributed by atoms with E-state index in [0.717, 1.165) is 12.8 Å². The van der Waals surface area contributed by atoms with Gasteiger partial charge in [-0.25, -0.2) is 0 Å². The molecule has 27 heavy (non-hydrogen) atoms. The quantitative estimate of drug-likeness (QED) is 0.643. The summed E-state index contributed by atoms with van der Waals surface area (Å²) >= 11 is 10.2. The number of anilines is 1. The molecule has 1 heterocycles. The lowest BCUT2D eigenvalue weighted by molar-refractivity contribution is -0.122.